The maximum absolute atomic E-state index is 0. The van der Waals surface area contributed by atoms with Gasteiger partial charge in [0, 0.05) is 0 Å². The number of halogens is 6. The molecule has 8 heavy (non-hydrogen) atoms. The van der Waals surface area contributed by atoms with Crippen LogP contribution in [0.5, 0.6) is 0 Å². The van der Waals surface area contributed by atoms with E-state index in [1.165, 1.54) is 0 Å². The molecular formula is H3F6NW. The van der Waals surface area contributed by atoms with Gasteiger partial charge in [0.05, 0.1) is 0 Å². The first-order valence-electron chi connectivity index (χ1n) is 0. The van der Waals surface area contributed by atoms with E-state index in [1.54, 1.807) is 0 Å². The van der Waals surface area contributed by atoms with Crippen LogP contribution in [0.2, 0.25) is 0 Å². The second-order valence-corrected chi connectivity index (χ2v) is 0. The average molecular weight is 315 g/mol. The van der Waals surface area contributed by atoms with E-state index in [2.05, 4.69) is 0 Å². The molecule has 0 aromatic rings. The van der Waals surface area contributed by atoms with E-state index >= 15 is 0 Å². The van der Waals surface area contributed by atoms with Crippen molar-refractivity contribution in [1.29, 1.82) is 0 Å². The fraction of sp³-hybridized carbons (Fsp3) is 0. The van der Waals surface area contributed by atoms with Crippen LogP contribution in [0.25, 0.3) is 0 Å². The van der Waals surface area contributed by atoms with Gasteiger partial charge in [0.15, 0.2) is 0 Å². The van der Waals surface area contributed by atoms with Crippen molar-refractivity contribution in [3.8, 4) is 0 Å². The molecular weight excluding hydrogens is 312 g/mol. The molecule has 0 saturated heterocycles. The van der Waals surface area contributed by atoms with Crippen molar-refractivity contribution in [2.24, 2.45) is 0 Å². The third-order valence-electron chi connectivity index (χ3n) is 0. The average Bonchev–Trinajstić information content (AvgIpc) is 0. The third kappa shape index (κ3) is 3270. The summed E-state index contributed by atoms with van der Waals surface area (Å²) in [5, 5.41) is 0. The van der Waals surface area contributed by atoms with E-state index in [4.69, 9.17) is 0 Å². The Bertz CT molecular complexity index is 8.49. The van der Waals surface area contributed by atoms with Crippen molar-refractivity contribution in [3.05, 3.63) is 0 Å². The fourth-order valence-electron chi connectivity index (χ4n) is 0. The smallest absolute Gasteiger partial charge is 1.00 e. The zero-order chi connectivity index (χ0) is 0. The molecule has 1 nitrogen and oxygen atoms in total. The Balaban J connectivity index is 0. The summed E-state index contributed by atoms with van der Waals surface area (Å²) in [4.78, 5) is 0. The van der Waals surface area contributed by atoms with Gasteiger partial charge in [0.2, 0.25) is 0 Å². The van der Waals surface area contributed by atoms with Crippen molar-refractivity contribution in [1.82, 2.24) is 6.15 Å². The molecule has 0 radical (unpaired) electrons. The normalized spacial score (nSPS) is 0. The minimum Gasteiger partial charge on any atom is -1.00 e. The fourth-order valence-corrected chi connectivity index (χ4v) is 0. The van der Waals surface area contributed by atoms with E-state index in [0.29, 0.717) is 0 Å². The predicted octanol–water partition coefficient (Wildman–Crippen LogP) is -17.8. The van der Waals surface area contributed by atoms with Crippen LogP contribution >= 0.6 is 0 Å². The molecule has 0 saturated carbocycles. The van der Waals surface area contributed by atoms with Crippen LogP contribution in [0.3, 0.4) is 0 Å². The number of hydrogen-bond acceptors (Lipinski definition) is 1. The molecule has 0 fully saturated rings. The summed E-state index contributed by atoms with van der Waals surface area (Å²) in [6, 6.07) is 0. The van der Waals surface area contributed by atoms with E-state index < -0.39 is 0 Å². The van der Waals surface area contributed by atoms with Crippen molar-refractivity contribution in [2.75, 3.05) is 0 Å². The molecule has 3 N–H and O–H groups in total. The summed E-state index contributed by atoms with van der Waals surface area (Å²) >= 11 is 0. The molecule has 0 unspecified atom stereocenters. The predicted molar refractivity (Wildman–Crippen MR) is 5.02 cm³/mol. The van der Waals surface area contributed by atoms with Gasteiger partial charge in [-0.2, -0.15) is 0 Å². The topological polar surface area (TPSA) is 35.0 Å². The van der Waals surface area contributed by atoms with E-state index in [0.717, 1.165) is 0 Å². The van der Waals surface area contributed by atoms with Crippen molar-refractivity contribution < 1.29 is 49.3 Å². The summed E-state index contributed by atoms with van der Waals surface area (Å²) in [5.74, 6) is 0. The minimum atomic E-state index is 0. The Hall–Kier alpha value is 0.228. The summed E-state index contributed by atoms with van der Waals surface area (Å²) in [7, 11) is 0. The molecule has 0 aliphatic rings. The van der Waals surface area contributed by atoms with Gasteiger partial charge in [-0.1, -0.05) is 0 Å². The first kappa shape index (κ1) is 8250. The monoisotopic (exact) mass is 315 g/mol. The largest absolute Gasteiger partial charge is 6.00 e. The second kappa shape index (κ2) is 5380. The minimum absolute atomic E-state index is 0. The Morgan fingerprint density at radius 3 is 0.375 bits per heavy atom. The second-order valence-electron chi connectivity index (χ2n) is 0. The maximum atomic E-state index is 0. The molecule has 56 valence electrons. The van der Waals surface area contributed by atoms with Crippen LogP contribution in [0, 0.1) is 0 Å². The van der Waals surface area contributed by atoms with Crippen molar-refractivity contribution >= 4 is 0 Å². The molecule has 8 heteroatoms. The molecule has 0 aliphatic carbocycles. The summed E-state index contributed by atoms with van der Waals surface area (Å²) < 4.78 is 0. The van der Waals surface area contributed by atoms with E-state index in [9.17, 15) is 0 Å². The van der Waals surface area contributed by atoms with Crippen molar-refractivity contribution in [3.63, 3.8) is 0 Å². The van der Waals surface area contributed by atoms with Crippen LogP contribution in [-0.2, 0) is 21.1 Å². The molecule has 0 amide bonds. The Morgan fingerprint density at radius 1 is 0.375 bits per heavy atom. The Labute approximate surface area is 56.3 Å². The number of hydrogen-bond donors (Lipinski definition) is 1. The summed E-state index contributed by atoms with van der Waals surface area (Å²) in [6.07, 6.45) is 0. The first-order valence-corrected chi connectivity index (χ1v) is 0. The standard InChI is InChI=1S/6FH.H3N.W/h6*1H;1H3;/q;;;;;;;+6/p-6. The van der Waals surface area contributed by atoms with Crippen LogP contribution in [0.4, 0.5) is 0 Å². The maximum Gasteiger partial charge on any atom is 6.00 e. The van der Waals surface area contributed by atoms with Crippen molar-refractivity contribution in [2.45, 2.75) is 0 Å². The Kier molecular flexibility index (Phi) is 5550000. The quantitative estimate of drug-likeness (QED) is 0.443. The van der Waals surface area contributed by atoms with E-state index in [1.807, 2.05) is 0 Å². The van der Waals surface area contributed by atoms with Crippen LogP contribution in [-0.4, -0.2) is 0 Å². The third-order valence-corrected chi connectivity index (χ3v) is 0. The Morgan fingerprint density at radius 2 is 0.375 bits per heavy atom. The molecule has 0 spiro atoms. The van der Waals surface area contributed by atoms with Gasteiger partial charge in [-0.15, -0.1) is 0 Å². The SMILES string of the molecule is N.[F-].[F-].[F-].[F-].[F-].[F-].[W+6]. The van der Waals surface area contributed by atoms with Gasteiger partial charge < -0.3 is 34.4 Å². The summed E-state index contributed by atoms with van der Waals surface area (Å²) in [6.45, 7) is 0. The molecule has 0 aromatic heterocycles. The van der Waals surface area contributed by atoms with Crippen LogP contribution in [0.15, 0.2) is 0 Å². The summed E-state index contributed by atoms with van der Waals surface area (Å²) in [5.41, 5.74) is 0. The van der Waals surface area contributed by atoms with E-state index in [-0.39, 0.29) is 55.4 Å². The van der Waals surface area contributed by atoms with Gasteiger partial charge >= 0.3 is 21.1 Å². The molecule has 0 bridgehead atoms. The molecule has 0 rings (SSSR count). The van der Waals surface area contributed by atoms with Gasteiger partial charge in [-0.05, 0) is 0 Å². The molecule has 0 aromatic carbocycles. The molecule has 0 aliphatic heterocycles. The van der Waals surface area contributed by atoms with Gasteiger partial charge in [0.25, 0.3) is 0 Å². The van der Waals surface area contributed by atoms with Gasteiger partial charge in [-0.3, -0.25) is 0 Å². The molecule has 0 heterocycles. The van der Waals surface area contributed by atoms with Gasteiger partial charge in [0.1, 0.15) is 0 Å². The first-order chi connectivity index (χ1) is 0. The van der Waals surface area contributed by atoms with Gasteiger partial charge in [-0.25, -0.2) is 0 Å². The number of rotatable bonds is 0. The van der Waals surface area contributed by atoms with Crippen LogP contribution in [0.1, 0.15) is 0 Å². The zero-order valence-electron chi connectivity index (χ0n) is 3.38. The van der Waals surface area contributed by atoms with Crippen LogP contribution < -0.4 is 34.4 Å². The molecule has 0 atom stereocenters. The zero-order valence-corrected chi connectivity index (χ0v) is 6.32.